The maximum Gasteiger partial charge on any atom is 0.127 e. The monoisotopic (exact) mass is 345 g/mol. The molecule has 1 heterocycles. The third-order valence-corrected chi connectivity index (χ3v) is 4.76. The van der Waals surface area contributed by atoms with E-state index in [0.717, 1.165) is 31.7 Å². The van der Waals surface area contributed by atoms with E-state index in [1.165, 1.54) is 27.2 Å². The zero-order valence-electron chi connectivity index (χ0n) is 14.9. The van der Waals surface area contributed by atoms with E-state index in [0.29, 0.717) is 6.61 Å². The Morgan fingerprint density at radius 1 is 0.808 bits per heavy atom. The molecular formula is C23H24N2O. The maximum atomic E-state index is 5.96. The molecule has 0 atom stereocenters. The van der Waals surface area contributed by atoms with Gasteiger partial charge in [-0.1, -0.05) is 54.6 Å². The Morgan fingerprint density at radius 2 is 1.62 bits per heavy atom. The molecule has 0 aliphatic rings. The van der Waals surface area contributed by atoms with Gasteiger partial charge in [0.2, 0.25) is 0 Å². The van der Waals surface area contributed by atoms with E-state index >= 15 is 0 Å². The summed E-state index contributed by atoms with van der Waals surface area (Å²) in [7, 11) is 0. The molecule has 2 N–H and O–H groups in total. The van der Waals surface area contributed by atoms with Crippen molar-refractivity contribution in [2.75, 3.05) is 19.7 Å². The number of nitrogens with one attached hydrogen (secondary N) is 2. The summed E-state index contributed by atoms with van der Waals surface area (Å²) >= 11 is 0. The van der Waals surface area contributed by atoms with Gasteiger partial charge in [-0.3, -0.25) is 0 Å². The molecule has 3 nitrogen and oxygen atoms in total. The molecule has 1 aromatic heterocycles. The van der Waals surface area contributed by atoms with Crippen LogP contribution in [0.15, 0.2) is 72.9 Å². The zero-order valence-corrected chi connectivity index (χ0v) is 14.9. The number of ether oxygens (including phenoxy) is 1. The number of aromatic nitrogens is 1. The van der Waals surface area contributed by atoms with Gasteiger partial charge in [0.05, 0.1) is 0 Å². The lowest BCUT2D eigenvalue weighted by molar-refractivity contribution is 0.317. The van der Waals surface area contributed by atoms with Gasteiger partial charge in [0.25, 0.3) is 0 Å². The molecular weight excluding hydrogens is 321 g/mol. The third kappa shape index (κ3) is 3.73. The average Bonchev–Trinajstić information content (AvgIpc) is 3.10. The van der Waals surface area contributed by atoms with Crippen molar-refractivity contribution < 1.29 is 4.74 Å². The fourth-order valence-corrected chi connectivity index (χ4v) is 3.42. The zero-order chi connectivity index (χ0) is 17.6. The van der Waals surface area contributed by atoms with Crippen LogP contribution in [0.1, 0.15) is 12.0 Å². The molecule has 0 radical (unpaired) electrons. The van der Waals surface area contributed by atoms with E-state index in [1.54, 1.807) is 0 Å². The number of aromatic amines is 1. The molecule has 26 heavy (non-hydrogen) atoms. The molecule has 0 fully saturated rings. The highest BCUT2D eigenvalue weighted by Gasteiger charge is 2.03. The first kappa shape index (κ1) is 16.7. The first-order chi connectivity index (χ1) is 12.9. The predicted molar refractivity (Wildman–Crippen MR) is 109 cm³/mol. The summed E-state index contributed by atoms with van der Waals surface area (Å²) in [5.41, 5.74) is 2.62. The molecule has 0 amide bonds. The Labute approximate surface area is 154 Å². The number of hydrogen-bond donors (Lipinski definition) is 2. The van der Waals surface area contributed by atoms with Crippen molar-refractivity contribution in [2.45, 2.75) is 12.8 Å². The van der Waals surface area contributed by atoms with Crippen molar-refractivity contribution in [1.82, 2.24) is 10.3 Å². The van der Waals surface area contributed by atoms with Gasteiger partial charge in [-0.05, 0) is 42.5 Å². The Hall–Kier alpha value is -2.78. The largest absolute Gasteiger partial charge is 0.492 e. The molecule has 4 rings (SSSR count). The fourth-order valence-electron chi connectivity index (χ4n) is 3.42. The third-order valence-electron chi connectivity index (χ3n) is 4.76. The van der Waals surface area contributed by atoms with Gasteiger partial charge in [0.15, 0.2) is 0 Å². The fraction of sp³-hybridized carbons (Fsp3) is 0.217. The second kappa shape index (κ2) is 8.07. The van der Waals surface area contributed by atoms with Crippen molar-refractivity contribution in [3.8, 4) is 5.75 Å². The molecule has 0 aliphatic carbocycles. The topological polar surface area (TPSA) is 37.0 Å². The van der Waals surface area contributed by atoms with Crippen LogP contribution in [0.5, 0.6) is 5.75 Å². The van der Waals surface area contributed by atoms with E-state index < -0.39 is 0 Å². The number of rotatable bonds is 8. The summed E-state index contributed by atoms with van der Waals surface area (Å²) in [6, 6.07) is 23.0. The van der Waals surface area contributed by atoms with Crippen LogP contribution in [0.3, 0.4) is 0 Å². The lowest BCUT2D eigenvalue weighted by Crippen LogP contribution is -2.22. The van der Waals surface area contributed by atoms with Crippen LogP contribution < -0.4 is 10.1 Å². The van der Waals surface area contributed by atoms with E-state index in [1.807, 2.05) is 12.1 Å². The number of H-pyrrole nitrogens is 1. The first-order valence-corrected chi connectivity index (χ1v) is 9.28. The van der Waals surface area contributed by atoms with Crippen LogP contribution in [0.4, 0.5) is 0 Å². The molecule has 3 aromatic carbocycles. The summed E-state index contributed by atoms with van der Waals surface area (Å²) in [5.74, 6) is 0.962. The molecule has 0 bridgehead atoms. The van der Waals surface area contributed by atoms with Crippen LogP contribution in [0, 0.1) is 0 Å². The van der Waals surface area contributed by atoms with E-state index in [9.17, 15) is 0 Å². The highest BCUT2D eigenvalue weighted by Crippen LogP contribution is 2.24. The summed E-state index contributed by atoms with van der Waals surface area (Å²) in [6.07, 6.45) is 4.34. The van der Waals surface area contributed by atoms with Crippen molar-refractivity contribution >= 4 is 21.7 Å². The molecule has 0 spiro atoms. The molecule has 0 unspecified atom stereocenters. The summed E-state index contributed by atoms with van der Waals surface area (Å²) in [6.45, 7) is 2.54. The lowest BCUT2D eigenvalue weighted by Gasteiger charge is -2.10. The van der Waals surface area contributed by atoms with Gasteiger partial charge in [-0.2, -0.15) is 0 Å². The standard InChI is InChI=1S/C23H24N2O/c1-2-11-21-18(7-1)8-5-13-23(21)26-16-15-24-14-6-9-19-17-25-22-12-4-3-10-20(19)22/h1-5,7-8,10-13,17,24-25H,6,9,14-16H2/i15+1. The smallest absolute Gasteiger partial charge is 0.127 e. The maximum absolute atomic E-state index is 5.96. The predicted octanol–water partition coefficient (Wildman–Crippen LogP) is 4.92. The van der Waals surface area contributed by atoms with Gasteiger partial charge in [-0.25, -0.2) is 0 Å². The van der Waals surface area contributed by atoms with E-state index in [2.05, 4.69) is 71.1 Å². The number of aryl methyl sites for hydroxylation is 1. The SMILES string of the molecule is c1ccc2c(OC[13CH2]NCCCc3c[nH]c4ccccc34)cccc2c1. The van der Waals surface area contributed by atoms with Crippen molar-refractivity contribution in [2.24, 2.45) is 0 Å². The summed E-state index contributed by atoms with van der Waals surface area (Å²) in [4.78, 5) is 3.34. The first-order valence-electron chi connectivity index (χ1n) is 9.28. The minimum atomic E-state index is 0.682. The Kier molecular flexibility index (Phi) is 5.17. The lowest BCUT2D eigenvalue weighted by atomic mass is 10.1. The van der Waals surface area contributed by atoms with Crippen molar-refractivity contribution in [1.29, 1.82) is 0 Å². The van der Waals surface area contributed by atoms with Gasteiger partial charge in [-0.15, -0.1) is 0 Å². The molecule has 0 aliphatic heterocycles. The number of hydrogen-bond acceptors (Lipinski definition) is 2. The minimum absolute atomic E-state index is 0.682. The number of fused-ring (bicyclic) bond motifs is 2. The van der Waals surface area contributed by atoms with E-state index in [-0.39, 0.29) is 0 Å². The van der Waals surface area contributed by atoms with Crippen LogP contribution >= 0.6 is 0 Å². The molecule has 0 saturated carbocycles. The van der Waals surface area contributed by atoms with E-state index in [4.69, 9.17) is 4.74 Å². The van der Waals surface area contributed by atoms with Crippen LogP contribution in [0.2, 0.25) is 0 Å². The highest BCUT2D eigenvalue weighted by molar-refractivity contribution is 5.88. The number of benzene rings is 3. The normalized spacial score (nSPS) is 11.2. The molecule has 3 heteroatoms. The van der Waals surface area contributed by atoms with Gasteiger partial charge < -0.3 is 15.0 Å². The van der Waals surface area contributed by atoms with Crippen LogP contribution in [-0.2, 0) is 6.42 Å². The quantitative estimate of drug-likeness (QED) is 0.351. The van der Waals surface area contributed by atoms with Gasteiger partial charge >= 0.3 is 0 Å². The summed E-state index contributed by atoms with van der Waals surface area (Å²) < 4.78 is 5.96. The minimum Gasteiger partial charge on any atom is -0.492 e. The highest BCUT2D eigenvalue weighted by atomic mass is 16.5. The number of para-hydroxylation sites is 1. The summed E-state index contributed by atoms with van der Waals surface area (Å²) in [5, 5.41) is 7.21. The Balaban J connectivity index is 1.20. The second-order valence-corrected chi connectivity index (χ2v) is 6.54. The van der Waals surface area contributed by atoms with Crippen LogP contribution in [-0.4, -0.2) is 24.7 Å². The van der Waals surface area contributed by atoms with Crippen LogP contribution in [0.25, 0.3) is 21.7 Å². The Morgan fingerprint density at radius 3 is 2.58 bits per heavy atom. The molecule has 0 saturated heterocycles. The second-order valence-electron chi connectivity index (χ2n) is 6.54. The van der Waals surface area contributed by atoms with Gasteiger partial charge in [0.1, 0.15) is 12.4 Å². The molecule has 132 valence electrons. The van der Waals surface area contributed by atoms with Gasteiger partial charge in [0, 0.05) is 29.0 Å². The van der Waals surface area contributed by atoms with Crippen molar-refractivity contribution in [3.63, 3.8) is 0 Å². The molecule has 4 aromatic rings. The average molecular weight is 345 g/mol. The van der Waals surface area contributed by atoms with Crippen molar-refractivity contribution in [3.05, 3.63) is 78.5 Å². The Bertz CT molecular complexity index is 984.